The minimum Gasteiger partial charge on any atom is -0.462 e. The molecular weight excluding hydrogens is 733 g/mol. The molecule has 0 aliphatic carbocycles. The Hall–Kier alpha value is -2.37. The predicted molar refractivity (Wildman–Crippen MR) is 252 cm³/mol. The van der Waals surface area contributed by atoms with Crippen molar-refractivity contribution in [1.82, 2.24) is 0 Å². The van der Waals surface area contributed by atoms with Gasteiger partial charge in [-0.05, 0) is 77.0 Å². The van der Waals surface area contributed by atoms with Crippen LogP contribution in [0.1, 0.15) is 265 Å². The van der Waals surface area contributed by atoms with E-state index in [0.29, 0.717) is 19.3 Å². The summed E-state index contributed by atoms with van der Waals surface area (Å²) in [6.45, 7) is 6.57. The van der Waals surface area contributed by atoms with Gasteiger partial charge >= 0.3 is 17.9 Å². The van der Waals surface area contributed by atoms with Crippen molar-refractivity contribution in [3.8, 4) is 0 Å². The normalized spacial score (nSPS) is 12.3. The molecule has 59 heavy (non-hydrogen) atoms. The van der Waals surface area contributed by atoms with Crippen molar-refractivity contribution in [2.24, 2.45) is 0 Å². The highest BCUT2D eigenvalue weighted by Crippen LogP contribution is 2.14. The van der Waals surface area contributed by atoms with Crippen molar-refractivity contribution in [3.63, 3.8) is 0 Å². The van der Waals surface area contributed by atoms with E-state index >= 15 is 0 Å². The lowest BCUT2D eigenvalue weighted by Crippen LogP contribution is -2.30. The molecule has 6 heteroatoms. The third-order valence-electron chi connectivity index (χ3n) is 11.1. The van der Waals surface area contributed by atoms with Gasteiger partial charge in [0.2, 0.25) is 0 Å². The Balaban J connectivity index is 4.27. The van der Waals surface area contributed by atoms with Gasteiger partial charge in [0, 0.05) is 19.3 Å². The van der Waals surface area contributed by atoms with Crippen LogP contribution < -0.4 is 0 Å². The van der Waals surface area contributed by atoms with Gasteiger partial charge in [-0.1, -0.05) is 205 Å². The minimum absolute atomic E-state index is 0.0778. The van der Waals surface area contributed by atoms with Crippen LogP contribution >= 0.6 is 0 Å². The summed E-state index contributed by atoms with van der Waals surface area (Å²) in [5, 5.41) is 0. The summed E-state index contributed by atoms with van der Waals surface area (Å²) < 4.78 is 16.7. The smallest absolute Gasteiger partial charge is 0.306 e. The van der Waals surface area contributed by atoms with Crippen molar-refractivity contribution in [1.29, 1.82) is 0 Å². The molecule has 0 fully saturated rings. The van der Waals surface area contributed by atoms with Crippen molar-refractivity contribution in [2.45, 2.75) is 271 Å². The number of carbonyl (C=O) groups is 3. The summed E-state index contributed by atoms with van der Waals surface area (Å²) in [5.74, 6) is -0.895. The Morgan fingerprint density at radius 2 is 0.610 bits per heavy atom. The third-order valence-corrected chi connectivity index (χ3v) is 11.1. The van der Waals surface area contributed by atoms with E-state index in [1.807, 2.05) is 0 Å². The molecule has 0 rings (SSSR count). The predicted octanol–water partition coefficient (Wildman–Crippen LogP) is 16.5. The molecule has 1 atom stereocenters. The molecule has 0 bridgehead atoms. The standard InChI is InChI=1S/C53H96O6/c1-4-7-10-13-16-18-20-22-24-26-27-29-30-32-34-37-40-43-46-52(55)58-49-50(48-57-51(54)45-42-39-36-15-12-9-6-3)59-53(56)47-44-41-38-35-33-31-28-25-23-21-19-17-14-11-8-5-2/h19,21,24-26,28,50H,4-18,20,22-23,27,29-49H2,1-3H3/b21-19-,26-24-,28-25-. The van der Waals surface area contributed by atoms with Gasteiger partial charge in [0.05, 0.1) is 0 Å². The van der Waals surface area contributed by atoms with E-state index in [1.165, 1.54) is 141 Å². The van der Waals surface area contributed by atoms with E-state index in [9.17, 15) is 14.4 Å². The van der Waals surface area contributed by atoms with Gasteiger partial charge in [0.15, 0.2) is 6.10 Å². The molecular formula is C53H96O6. The molecule has 1 unspecified atom stereocenters. The lowest BCUT2D eigenvalue weighted by Gasteiger charge is -2.18. The number of hydrogen-bond donors (Lipinski definition) is 0. The Bertz CT molecular complexity index is 1000. The van der Waals surface area contributed by atoms with Gasteiger partial charge in [0.25, 0.3) is 0 Å². The molecule has 0 spiro atoms. The maximum Gasteiger partial charge on any atom is 0.306 e. The molecule has 344 valence electrons. The van der Waals surface area contributed by atoms with Crippen molar-refractivity contribution in [2.75, 3.05) is 13.2 Å². The van der Waals surface area contributed by atoms with Crippen LogP contribution in [0.25, 0.3) is 0 Å². The fourth-order valence-corrected chi connectivity index (χ4v) is 7.23. The Morgan fingerprint density at radius 3 is 0.966 bits per heavy atom. The second kappa shape index (κ2) is 48.3. The maximum atomic E-state index is 12.7. The molecule has 0 N–H and O–H groups in total. The van der Waals surface area contributed by atoms with Gasteiger partial charge in [-0.25, -0.2) is 0 Å². The van der Waals surface area contributed by atoms with Gasteiger partial charge in [-0.2, -0.15) is 0 Å². The molecule has 6 nitrogen and oxygen atoms in total. The molecule has 0 saturated carbocycles. The van der Waals surface area contributed by atoms with Crippen LogP contribution in [-0.2, 0) is 28.6 Å². The van der Waals surface area contributed by atoms with Crippen LogP contribution in [0.2, 0.25) is 0 Å². The number of esters is 3. The van der Waals surface area contributed by atoms with Gasteiger partial charge in [-0.3, -0.25) is 14.4 Å². The first-order valence-corrected chi connectivity index (χ1v) is 25.5. The van der Waals surface area contributed by atoms with E-state index < -0.39 is 6.10 Å². The molecule has 0 aliphatic rings. The topological polar surface area (TPSA) is 78.9 Å². The van der Waals surface area contributed by atoms with E-state index in [2.05, 4.69) is 57.2 Å². The van der Waals surface area contributed by atoms with Crippen molar-refractivity contribution >= 4 is 17.9 Å². The number of ether oxygens (including phenoxy) is 3. The largest absolute Gasteiger partial charge is 0.462 e. The first kappa shape index (κ1) is 56.6. The SMILES string of the molecule is CCCCCC/C=C\C/C=C\CCCCCCCC(=O)OC(COC(=O)CCCCCCCCC)COC(=O)CCCCCCCCC/C=C\CCCCCCCCC. The van der Waals surface area contributed by atoms with Crippen LogP contribution in [0.15, 0.2) is 36.5 Å². The summed E-state index contributed by atoms with van der Waals surface area (Å²) in [6.07, 6.45) is 55.7. The molecule has 0 radical (unpaired) electrons. The molecule has 0 aromatic rings. The Kier molecular flexibility index (Phi) is 46.4. The number of allylic oxidation sites excluding steroid dienone is 6. The third kappa shape index (κ3) is 46.5. The molecule has 0 aromatic carbocycles. The van der Waals surface area contributed by atoms with Gasteiger partial charge in [0.1, 0.15) is 13.2 Å². The second-order valence-electron chi connectivity index (χ2n) is 17.1. The van der Waals surface area contributed by atoms with E-state index in [0.717, 1.165) is 83.5 Å². The average molecular weight is 829 g/mol. The highest BCUT2D eigenvalue weighted by Gasteiger charge is 2.19. The van der Waals surface area contributed by atoms with Crippen LogP contribution in [0.5, 0.6) is 0 Å². The first-order valence-electron chi connectivity index (χ1n) is 25.5. The summed E-state index contributed by atoms with van der Waals surface area (Å²) in [4.78, 5) is 37.8. The zero-order valence-corrected chi connectivity index (χ0v) is 39.3. The second-order valence-corrected chi connectivity index (χ2v) is 17.1. The van der Waals surface area contributed by atoms with Crippen LogP contribution in [0.3, 0.4) is 0 Å². The summed E-state index contributed by atoms with van der Waals surface area (Å²) in [7, 11) is 0. The van der Waals surface area contributed by atoms with E-state index in [1.54, 1.807) is 0 Å². The number of unbranched alkanes of at least 4 members (excludes halogenated alkanes) is 29. The summed E-state index contributed by atoms with van der Waals surface area (Å²) >= 11 is 0. The zero-order valence-electron chi connectivity index (χ0n) is 39.3. The molecule has 0 heterocycles. The molecule has 0 aliphatic heterocycles. The molecule has 0 saturated heterocycles. The van der Waals surface area contributed by atoms with Crippen LogP contribution in [0.4, 0.5) is 0 Å². The highest BCUT2D eigenvalue weighted by molar-refractivity contribution is 5.71. The summed E-state index contributed by atoms with van der Waals surface area (Å²) in [6, 6.07) is 0. The average Bonchev–Trinajstić information content (AvgIpc) is 3.23. The van der Waals surface area contributed by atoms with E-state index in [-0.39, 0.29) is 31.1 Å². The van der Waals surface area contributed by atoms with Crippen LogP contribution in [-0.4, -0.2) is 37.2 Å². The molecule has 0 aromatic heterocycles. The molecule has 0 amide bonds. The number of rotatable bonds is 46. The minimum atomic E-state index is -0.776. The highest BCUT2D eigenvalue weighted by atomic mass is 16.6. The lowest BCUT2D eigenvalue weighted by molar-refractivity contribution is -0.167. The zero-order chi connectivity index (χ0) is 43.0. The first-order chi connectivity index (χ1) is 29.0. The van der Waals surface area contributed by atoms with Crippen molar-refractivity contribution < 1.29 is 28.6 Å². The fraction of sp³-hybridized carbons (Fsp3) is 0.830. The van der Waals surface area contributed by atoms with Gasteiger partial charge in [-0.15, -0.1) is 0 Å². The maximum absolute atomic E-state index is 12.7. The Morgan fingerprint density at radius 1 is 0.339 bits per heavy atom. The van der Waals surface area contributed by atoms with Crippen LogP contribution in [0, 0.1) is 0 Å². The quantitative estimate of drug-likeness (QED) is 0.0263. The van der Waals surface area contributed by atoms with Crippen molar-refractivity contribution in [3.05, 3.63) is 36.5 Å². The Labute approximate surface area is 365 Å². The fourth-order valence-electron chi connectivity index (χ4n) is 7.23. The van der Waals surface area contributed by atoms with E-state index in [4.69, 9.17) is 14.2 Å². The van der Waals surface area contributed by atoms with Gasteiger partial charge < -0.3 is 14.2 Å². The number of hydrogen-bond acceptors (Lipinski definition) is 6. The lowest BCUT2D eigenvalue weighted by atomic mass is 10.1. The number of carbonyl (C=O) groups excluding carboxylic acids is 3. The monoisotopic (exact) mass is 829 g/mol. The summed E-state index contributed by atoms with van der Waals surface area (Å²) in [5.41, 5.74) is 0.